The van der Waals surface area contributed by atoms with Crippen LogP contribution in [0.5, 0.6) is 0 Å². The highest BCUT2D eigenvalue weighted by Gasteiger charge is 2.43. The first-order valence-corrected chi connectivity index (χ1v) is 9.51. The predicted molar refractivity (Wildman–Crippen MR) is 103 cm³/mol. The average molecular weight is 368 g/mol. The summed E-state index contributed by atoms with van der Waals surface area (Å²) in [4.78, 5) is 16.5. The highest BCUT2D eigenvalue weighted by Crippen LogP contribution is 2.32. The van der Waals surface area contributed by atoms with Crippen LogP contribution in [0.3, 0.4) is 0 Å². The van der Waals surface area contributed by atoms with Crippen molar-refractivity contribution in [2.75, 3.05) is 31.1 Å². The monoisotopic (exact) mass is 368 g/mol. The second-order valence-corrected chi connectivity index (χ2v) is 7.73. The molecule has 0 bridgehead atoms. The standard InChI is InChI=1S/C22H25FN2O2/c1-17-5-2-6-18(11-17)13-24-10-4-9-22(15-24)16-25(21(26)14-27-22)20-8-3-7-19(23)12-20/h2-3,5-8,11-12H,4,9-10,13-16H2,1H3. The quantitative estimate of drug-likeness (QED) is 0.831. The molecular weight excluding hydrogens is 343 g/mol. The number of aryl methyl sites for hydroxylation is 1. The van der Waals surface area contributed by atoms with Crippen molar-refractivity contribution in [1.29, 1.82) is 0 Å². The van der Waals surface area contributed by atoms with E-state index < -0.39 is 0 Å². The number of ether oxygens (including phenoxy) is 1. The van der Waals surface area contributed by atoms with E-state index >= 15 is 0 Å². The largest absolute Gasteiger partial charge is 0.362 e. The highest BCUT2D eigenvalue weighted by atomic mass is 19.1. The lowest BCUT2D eigenvalue weighted by atomic mass is 9.90. The molecule has 2 aliphatic rings. The number of carbonyl (C=O) groups is 1. The Hall–Kier alpha value is -2.24. The summed E-state index contributed by atoms with van der Waals surface area (Å²) in [5.41, 5.74) is 2.78. The van der Waals surface area contributed by atoms with Crippen LogP contribution in [0.1, 0.15) is 24.0 Å². The number of benzene rings is 2. The molecule has 0 aromatic heterocycles. The fourth-order valence-corrected chi connectivity index (χ4v) is 4.24. The van der Waals surface area contributed by atoms with Crippen LogP contribution in [-0.4, -0.2) is 42.6 Å². The van der Waals surface area contributed by atoms with E-state index in [-0.39, 0.29) is 23.9 Å². The summed E-state index contributed by atoms with van der Waals surface area (Å²) in [7, 11) is 0. The van der Waals surface area contributed by atoms with E-state index in [0.29, 0.717) is 12.2 Å². The Labute approximate surface area is 159 Å². The van der Waals surface area contributed by atoms with Crippen molar-refractivity contribution in [1.82, 2.24) is 4.90 Å². The molecule has 2 fully saturated rings. The first kappa shape index (κ1) is 18.1. The molecule has 142 valence electrons. The summed E-state index contributed by atoms with van der Waals surface area (Å²) >= 11 is 0. The molecule has 27 heavy (non-hydrogen) atoms. The number of piperidine rings is 1. The van der Waals surface area contributed by atoms with Crippen molar-refractivity contribution in [3.8, 4) is 0 Å². The smallest absolute Gasteiger partial charge is 0.253 e. The number of likely N-dealkylation sites (tertiary alicyclic amines) is 1. The Bertz CT molecular complexity index is 841. The number of rotatable bonds is 3. The number of amides is 1. The van der Waals surface area contributed by atoms with Crippen LogP contribution in [0.15, 0.2) is 48.5 Å². The van der Waals surface area contributed by atoms with Crippen molar-refractivity contribution in [2.45, 2.75) is 31.9 Å². The second-order valence-electron chi connectivity index (χ2n) is 7.73. The van der Waals surface area contributed by atoms with Gasteiger partial charge in [0.1, 0.15) is 12.4 Å². The molecule has 1 atom stereocenters. The minimum atomic E-state index is -0.387. The van der Waals surface area contributed by atoms with Gasteiger partial charge in [-0.1, -0.05) is 35.9 Å². The first-order chi connectivity index (χ1) is 13.0. The maximum atomic E-state index is 13.6. The lowest BCUT2D eigenvalue weighted by molar-refractivity contribution is -0.146. The van der Waals surface area contributed by atoms with Gasteiger partial charge in [-0.15, -0.1) is 0 Å². The normalized spacial score (nSPS) is 23.8. The van der Waals surface area contributed by atoms with Crippen molar-refractivity contribution >= 4 is 11.6 Å². The molecule has 2 aromatic carbocycles. The molecule has 4 nitrogen and oxygen atoms in total. The van der Waals surface area contributed by atoms with E-state index in [1.807, 2.05) is 0 Å². The van der Waals surface area contributed by atoms with Crippen LogP contribution >= 0.6 is 0 Å². The van der Waals surface area contributed by atoms with E-state index in [2.05, 4.69) is 36.1 Å². The third-order valence-electron chi connectivity index (χ3n) is 5.48. The number of carbonyl (C=O) groups excluding carboxylic acids is 1. The third kappa shape index (κ3) is 4.04. The summed E-state index contributed by atoms with van der Waals surface area (Å²) in [6.07, 6.45) is 1.94. The number of halogens is 1. The summed E-state index contributed by atoms with van der Waals surface area (Å²) in [6, 6.07) is 14.8. The van der Waals surface area contributed by atoms with Gasteiger partial charge in [0.25, 0.3) is 5.91 Å². The van der Waals surface area contributed by atoms with Gasteiger partial charge in [0.05, 0.1) is 12.1 Å². The molecular formula is C22H25FN2O2. The van der Waals surface area contributed by atoms with E-state index in [1.54, 1.807) is 17.0 Å². The van der Waals surface area contributed by atoms with Crippen LogP contribution in [0.25, 0.3) is 0 Å². The summed E-state index contributed by atoms with van der Waals surface area (Å²) in [5, 5.41) is 0. The zero-order valence-corrected chi connectivity index (χ0v) is 15.7. The average Bonchev–Trinajstić information content (AvgIpc) is 2.64. The van der Waals surface area contributed by atoms with Gasteiger partial charge >= 0.3 is 0 Å². The van der Waals surface area contributed by atoms with Gasteiger partial charge in [-0.25, -0.2) is 4.39 Å². The second kappa shape index (κ2) is 7.41. The molecule has 2 saturated heterocycles. The topological polar surface area (TPSA) is 32.8 Å². The Kier molecular flexibility index (Phi) is 4.98. The van der Waals surface area contributed by atoms with Crippen LogP contribution < -0.4 is 4.90 Å². The highest BCUT2D eigenvalue weighted by molar-refractivity contribution is 5.95. The van der Waals surface area contributed by atoms with Gasteiger partial charge in [0.2, 0.25) is 0 Å². The maximum absolute atomic E-state index is 13.6. The molecule has 0 radical (unpaired) electrons. The fourth-order valence-electron chi connectivity index (χ4n) is 4.24. The summed E-state index contributed by atoms with van der Waals surface area (Å²) < 4.78 is 19.7. The number of hydrogen-bond donors (Lipinski definition) is 0. The van der Waals surface area contributed by atoms with E-state index in [9.17, 15) is 9.18 Å². The maximum Gasteiger partial charge on any atom is 0.253 e. The molecule has 0 N–H and O–H groups in total. The molecule has 0 saturated carbocycles. The Morgan fingerprint density at radius 1 is 1.15 bits per heavy atom. The van der Waals surface area contributed by atoms with Crippen molar-refractivity contribution < 1.29 is 13.9 Å². The van der Waals surface area contributed by atoms with E-state index in [4.69, 9.17) is 4.74 Å². The third-order valence-corrected chi connectivity index (χ3v) is 5.48. The fraction of sp³-hybridized carbons (Fsp3) is 0.409. The van der Waals surface area contributed by atoms with Crippen molar-refractivity contribution in [2.24, 2.45) is 0 Å². The Balaban J connectivity index is 1.51. The van der Waals surface area contributed by atoms with Crippen LogP contribution in [0.2, 0.25) is 0 Å². The lowest BCUT2D eigenvalue weighted by Crippen LogP contribution is -2.61. The molecule has 2 aromatic rings. The SMILES string of the molecule is Cc1cccc(CN2CCCC3(C2)CN(c2cccc(F)c2)C(=O)CO3)c1. The van der Waals surface area contributed by atoms with Gasteiger partial charge in [0, 0.05) is 18.8 Å². The van der Waals surface area contributed by atoms with Gasteiger partial charge in [0.15, 0.2) is 0 Å². The zero-order chi connectivity index (χ0) is 18.9. The van der Waals surface area contributed by atoms with Crippen LogP contribution in [0, 0.1) is 12.7 Å². The van der Waals surface area contributed by atoms with Crippen LogP contribution in [0.4, 0.5) is 10.1 Å². The van der Waals surface area contributed by atoms with Gasteiger partial charge in [-0.3, -0.25) is 9.69 Å². The van der Waals surface area contributed by atoms with Gasteiger partial charge in [-0.2, -0.15) is 0 Å². The van der Waals surface area contributed by atoms with Crippen molar-refractivity contribution in [3.63, 3.8) is 0 Å². The Morgan fingerprint density at radius 3 is 2.81 bits per heavy atom. The molecule has 5 heteroatoms. The number of hydrogen-bond acceptors (Lipinski definition) is 3. The van der Waals surface area contributed by atoms with E-state index in [0.717, 1.165) is 32.5 Å². The molecule has 1 spiro atoms. The number of morpholine rings is 1. The van der Waals surface area contributed by atoms with Gasteiger partial charge in [-0.05, 0) is 50.1 Å². The molecule has 4 rings (SSSR count). The number of nitrogens with zero attached hydrogens (tertiary/aromatic N) is 2. The van der Waals surface area contributed by atoms with Gasteiger partial charge < -0.3 is 9.64 Å². The first-order valence-electron chi connectivity index (χ1n) is 9.51. The zero-order valence-electron chi connectivity index (χ0n) is 15.7. The predicted octanol–water partition coefficient (Wildman–Crippen LogP) is 3.53. The minimum Gasteiger partial charge on any atom is -0.362 e. The lowest BCUT2D eigenvalue weighted by Gasteiger charge is -2.47. The van der Waals surface area contributed by atoms with Crippen LogP contribution in [-0.2, 0) is 16.1 Å². The molecule has 2 aliphatic heterocycles. The molecule has 0 aliphatic carbocycles. The minimum absolute atomic E-state index is 0.0504. The van der Waals surface area contributed by atoms with E-state index in [1.165, 1.54) is 23.3 Å². The molecule has 2 heterocycles. The Morgan fingerprint density at radius 2 is 2.00 bits per heavy atom. The van der Waals surface area contributed by atoms with Crippen molar-refractivity contribution in [3.05, 3.63) is 65.5 Å². The summed E-state index contributed by atoms with van der Waals surface area (Å²) in [5.74, 6) is -0.437. The molecule has 1 amide bonds. The summed E-state index contributed by atoms with van der Waals surface area (Å²) in [6.45, 7) is 5.30. The molecule has 1 unspecified atom stereocenters. The number of anilines is 1.